The molecule has 1 saturated carbocycles. The van der Waals surface area contributed by atoms with Gasteiger partial charge >= 0.3 is 11.9 Å². The highest BCUT2D eigenvalue weighted by Crippen LogP contribution is 2.57. The summed E-state index contributed by atoms with van der Waals surface area (Å²) in [4.78, 5) is 22.8. The SMILES string of the molecule is C=C1CCC=C(C(=O)O)C[C@H](OC(C)=O)[C@H]2[C@H]1CC2(C)C. The minimum atomic E-state index is -0.923. The van der Waals surface area contributed by atoms with Crippen LogP contribution in [0.1, 0.15) is 46.5 Å². The Balaban J connectivity index is 2.34. The Hall–Kier alpha value is -1.58. The Morgan fingerprint density at radius 1 is 1.43 bits per heavy atom. The number of ether oxygens (including phenoxy) is 1. The number of carbonyl (C=O) groups is 2. The van der Waals surface area contributed by atoms with Gasteiger partial charge in [0.15, 0.2) is 0 Å². The van der Waals surface area contributed by atoms with E-state index in [1.165, 1.54) is 6.92 Å². The average Bonchev–Trinajstić information content (AvgIpc) is 2.37. The monoisotopic (exact) mass is 292 g/mol. The number of aliphatic carboxylic acids is 1. The molecule has 4 nitrogen and oxygen atoms in total. The van der Waals surface area contributed by atoms with E-state index >= 15 is 0 Å². The predicted molar refractivity (Wildman–Crippen MR) is 79.6 cm³/mol. The smallest absolute Gasteiger partial charge is 0.331 e. The van der Waals surface area contributed by atoms with Gasteiger partial charge in [0.1, 0.15) is 6.10 Å². The van der Waals surface area contributed by atoms with E-state index in [-0.39, 0.29) is 29.8 Å². The molecule has 1 N–H and O–H groups in total. The summed E-state index contributed by atoms with van der Waals surface area (Å²) in [5.74, 6) is -0.801. The average molecular weight is 292 g/mol. The van der Waals surface area contributed by atoms with Crippen molar-refractivity contribution in [1.82, 2.24) is 0 Å². The lowest BCUT2D eigenvalue weighted by molar-refractivity contribution is -0.162. The number of esters is 1. The molecule has 1 fully saturated rings. The van der Waals surface area contributed by atoms with Crippen molar-refractivity contribution >= 4 is 11.9 Å². The van der Waals surface area contributed by atoms with Crippen LogP contribution in [0.4, 0.5) is 0 Å². The highest BCUT2D eigenvalue weighted by molar-refractivity contribution is 5.86. The first-order valence-corrected chi connectivity index (χ1v) is 7.49. The van der Waals surface area contributed by atoms with Crippen LogP contribution in [0.3, 0.4) is 0 Å². The van der Waals surface area contributed by atoms with Crippen molar-refractivity contribution < 1.29 is 19.4 Å². The van der Waals surface area contributed by atoms with Crippen molar-refractivity contribution in [3.8, 4) is 0 Å². The number of fused-ring (bicyclic) bond motifs is 1. The van der Waals surface area contributed by atoms with Gasteiger partial charge in [0.2, 0.25) is 0 Å². The molecule has 0 aromatic rings. The van der Waals surface area contributed by atoms with Crippen molar-refractivity contribution in [2.45, 2.75) is 52.6 Å². The Morgan fingerprint density at radius 2 is 2.10 bits per heavy atom. The first-order chi connectivity index (χ1) is 9.72. The van der Waals surface area contributed by atoms with Gasteiger partial charge in [-0.15, -0.1) is 0 Å². The quantitative estimate of drug-likeness (QED) is 0.626. The van der Waals surface area contributed by atoms with Gasteiger partial charge in [-0.2, -0.15) is 0 Å². The molecule has 0 amide bonds. The normalized spacial score (nSPS) is 31.7. The van der Waals surface area contributed by atoms with Gasteiger partial charge < -0.3 is 9.84 Å². The summed E-state index contributed by atoms with van der Waals surface area (Å²) in [6.45, 7) is 9.86. The van der Waals surface area contributed by atoms with E-state index in [0.717, 1.165) is 18.4 Å². The van der Waals surface area contributed by atoms with Crippen LogP contribution < -0.4 is 0 Å². The summed E-state index contributed by atoms with van der Waals surface area (Å²) < 4.78 is 5.50. The first kappa shape index (κ1) is 15.8. The summed E-state index contributed by atoms with van der Waals surface area (Å²) in [5.41, 5.74) is 1.54. The van der Waals surface area contributed by atoms with E-state index in [1.807, 2.05) is 0 Å². The fourth-order valence-corrected chi connectivity index (χ4v) is 3.92. The minimum absolute atomic E-state index is 0.0433. The second-order valence-electron chi connectivity index (χ2n) is 6.91. The molecule has 0 saturated heterocycles. The Morgan fingerprint density at radius 3 is 2.62 bits per heavy atom. The second-order valence-corrected chi connectivity index (χ2v) is 6.91. The van der Waals surface area contributed by atoms with Crippen molar-refractivity contribution in [2.24, 2.45) is 17.3 Å². The van der Waals surface area contributed by atoms with E-state index in [9.17, 15) is 14.7 Å². The van der Waals surface area contributed by atoms with Gasteiger partial charge in [0.25, 0.3) is 0 Å². The van der Waals surface area contributed by atoms with Gasteiger partial charge in [0.05, 0.1) is 0 Å². The molecule has 0 heterocycles. The topological polar surface area (TPSA) is 63.6 Å². The van der Waals surface area contributed by atoms with Crippen LogP contribution in [0.5, 0.6) is 0 Å². The fourth-order valence-electron chi connectivity index (χ4n) is 3.92. The summed E-state index contributed by atoms with van der Waals surface area (Å²) in [7, 11) is 0. The number of allylic oxidation sites excluding steroid dienone is 2. The zero-order chi connectivity index (χ0) is 15.8. The number of hydrogen-bond donors (Lipinski definition) is 1. The molecule has 3 atom stereocenters. The van der Waals surface area contributed by atoms with Gasteiger partial charge in [0, 0.05) is 24.8 Å². The van der Waals surface area contributed by atoms with E-state index < -0.39 is 5.97 Å². The molecular formula is C17H24O4. The van der Waals surface area contributed by atoms with Gasteiger partial charge in [-0.1, -0.05) is 32.1 Å². The summed E-state index contributed by atoms with van der Waals surface area (Å²) in [6, 6.07) is 0. The van der Waals surface area contributed by atoms with Crippen LogP contribution in [-0.2, 0) is 14.3 Å². The molecule has 2 aliphatic carbocycles. The minimum Gasteiger partial charge on any atom is -0.478 e. The zero-order valence-corrected chi connectivity index (χ0v) is 13.0. The predicted octanol–water partition coefficient (Wildman–Crippen LogP) is 3.33. The van der Waals surface area contributed by atoms with Crippen LogP contribution in [-0.4, -0.2) is 23.1 Å². The number of rotatable bonds is 2. The summed E-state index contributed by atoms with van der Waals surface area (Å²) in [6.07, 6.45) is 4.18. The number of carboxylic acid groups (broad SMARTS) is 1. The molecule has 0 aromatic carbocycles. The molecule has 2 aliphatic rings. The molecule has 0 unspecified atom stereocenters. The third kappa shape index (κ3) is 3.20. The Kier molecular flexibility index (Phi) is 4.26. The van der Waals surface area contributed by atoms with Crippen LogP contribution in [0.25, 0.3) is 0 Å². The van der Waals surface area contributed by atoms with Crippen LogP contribution >= 0.6 is 0 Å². The maximum atomic E-state index is 11.4. The Bertz CT molecular complexity index is 501. The van der Waals surface area contributed by atoms with Gasteiger partial charge in [-0.3, -0.25) is 4.79 Å². The maximum Gasteiger partial charge on any atom is 0.331 e. The fraction of sp³-hybridized carbons (Fsp3) is 0.647. The lowest BCUT2D eigenvalue weighted by atomic mass is 9.51. The lowest BCUT2D eigenvalue weighted by Crippen LogP contribution is -2.52. The third-order valence-electron chi connectivity index (χ3n) is 4.88. The molecule has 0 aromatic heterocycles. The number of carbonyl (C=O) groups excluding carboxylic acids is 1. The first-order valence-electron chi connectivity index (χ1n) is 7.49. The Labute approximate surface area is 125 Å². The van der Waals surface area contributed by atoms with Crippen LogP contribution in [0.15, 0.2) is 23.8 Å². The molecular weight excluding hydrogens is 268 g/mol. The standard InChI is InChI=1S/C17H24O4/c1-10-6-5-7-12(16(19)20)8-14(21-11(2)18)15-13(10)9-17(15,3)4/h7,13-15H,1,5-6,8-9H2,2-4H3,(H,19,20)/t13-,14-,15+/m0/s1. The van der Waals surface area contributed by atoms with Crippen molar-refractivity contribution in [3.63, 3.8) is 0 Å². The molecule has 0 spiro atoms. The molecule has 0 radical (unpaired) electrons. The van der Waals surface area contributed by atoms with E-state index in [0.29, 0.717) is 17.9 Å². The van der Waals surface area contributed by atoms with Crippen molar-refractivity contribution in [3.05, 3.63) is 23.8 Å². The van der Waals surface area contributed by atoms with Crippen LogP contribution in [0.2, 0.25) is 0 Å². The van der Waals surface area contributed by atoms with E-state index in [1.54, 1.807) is 6.08 Å². The van der Waals surface area contributed by atoms with Gasteiger partial charge in [-0.25, -0.2) is 4.79 Å². The van der Waals surface area contributed by atoms with Gasteiger partial charge in [-0.05, 0) is 30.6 Å². The van der Waals surface area contributed by atoms with E-state index in [2.05, 4.69) is 20.4 Å². The van der Waals surface area contributed by atoms with Crippen molar-refractivity contribution in [2.75, 3.05) is 0 Å². The molecule has 21 heavy (non-hydrogen) atoms. The third-order valence-corrected chi connectivity index (χ3v) is 4.88. The second kappa shape index (κ2) is 5.66. The molecule has 0 aliphatic heterocycles. The van der Waals surface area contributed by atoms with E-state index in [4.69, 9.17) is 4.74 Å². The number of hydrogen-bond acceptors (Lipinski definition) is 3. The molecule has 4 heteroatoms. The summed E-state index contributed by atoms with van der Waals surface area (Å²) in [5, 5.41) is 9.33. The molecule has 116 valence electrons. The molecule has 2 rings (SSSR count). The largest absolute Gasteiger partial charge is 0.478 e. The van der Waals surface area contributed by atoms with Crippen molar-refractivity contribution in [1.29, 1.82) is 0 Å². The van der Waals surface area contributed by atoms with Crippen LogP contribution in [0, 0.1) is 17.3 Å². The summed E-state index contributed by atoms with van der Waals surface area (Å²) >= 11 is 0. The zero-order valence-electron chi connectivity index (χ0n) is 13.0. The molecule has 0 bridgehead atoms. The number of carboxylic acids is 1. The highest BCUT2D eigenvalue weighted by atomic mass is 16.5. The lowest BCUT2D eigenvalue weighted by Gasteiger charge is -2.55. The maximum absolute atomic E-state index is 11.4. The highest BCUT2D eigenvalue weighted by Gasteiger charge is 2.53.